The van der Waals surface area contributed by atoms with Crippen LogP contribution in [0.1, 0.15) is 16.7 Å². The summed E-state index contributed by atoms with van der Waals surface area (Å²) in [6.07, 6.45) is 0. The van der Waals surface area contributed by atoms with Crippen LogP contribution in [-0.4, -0.2) is 0 Å². The van der Waals surface area contributed by atoms with Crippen molar-refractivity contribution in [1.82, 2.24) is 0 Å². The fourth-order valence-corrected chi connectivity index (χ4v) is 7.63. The average molecular weight is 777 g/mol. The first-order valence-corrected chi connectivity index (χ1v) is 20.0. The number of hydrogen-bond acceptors (Lipinski definition) is 4. The third-order valence-corrected chi connectivity index (χ3v) is 11.1. The molecule has 0 unspecified atom stereocenters. The zero-order chi connectivity index (χ0) is 41.5. The molecule has 0 N–H and O–H groups in total. The van der Waals surface area contributed by atoms with Crippen LogP contribution < -0.4 is 4.90 Å². The maximum atomic E-state index is 9.19. The third kappa shape index (κ3) is 8.18. The standard InChI is InChI=1S/C57H36N4/c58-37-40-1-7-43(8-2-40)46-13-19-49(20-14-46)52-25-31-55(32-26-52)61(56-33-27-53(28-34-56)50-21-15-47(16-22-50)44-9-3-41(38-59)4-10-44)57-35-29-54(30-36-57)51-23-17-48(18-24-51)45-11-5-42(39-60)6-12-45/h1-36H. The maximum Gasteiger partial charge on any atom is 0.0991 e. The molecule has 0 saturated carbocycles. The molecule has 0 aliphatic carbocycles. The lowest BCUT2D eigenvalue weighted by Gasteiger charge is -2.26. The average Bonchev–Trinajstić information content (AvgIpc) is 3.35. The second kappa shape index (κ2) is 17.0. The van der Waals surface area contributed by atoms with Crippen molar-refractivity contribution in [1.29, 1.82) is 15.8 Å². The second-order valence-corrected chi connectivity index (χ2v) is 14.8. The molecule has 0 spiro atoms. The highest BCUT2D eigenvalue weighted by molar-refractivity contribution is 5.82. The van der Waals surface area contributed by atoms with E-state index >= 15 is 0 Å². The Morgan fingerprint density at radius 2 is 0.328 bits per heavy atom. The van der Waals surface area contributed by atoms with Crippen LogP contribution in [0.2, 0.25) is 0 Å². The Morgan fingerprint density at radius 3 is 0.475 bits per heavy atom. The molecule has 4 nitrogen and oxygen atoms in total. The summed E-state index contributed by atoms with van der Waals surface area (Å²) in [7, 11) is 0. The van der Waals surface area contributed by atoms with Gasteiger partial charge in [-0.2, -0.15) is 15.8 Å². The summed E-state index contributed by atoms with van der Waals surface area (Å²) in [5, 5.41) is 27.6. The smallest absolute Gasteiger partial charge is 0.0991 e. The summed E-state index contributed by atoms with van der Waals surface area (Å²) in [4.78, 5) is 2.29. The van der Waals surface area contributed by atoms with E-state index in [0.29, 0.717) is 16.7 Å². The van der Waals surface area contributed by atoms with Crippen molar-refractivity contribution in [3.63, 3.8) is 0 Å². The van der Waals surface area contributed by atoms with E-state index in [2.05, 4.69) is 169 Å². The predicted molar refractivity (Wildman–Crippen MR) is 248 cm³/mol. The Balaban J connectivity index is 0.998. The molecule has 9 aromatic rings. The van der Waals surface area contributed by atoms with Gasteiger partial charge in [-0.15, -0.1) is 0 Å². The molecule has 0 amide bonds. The van der Waals surface area contributed by atoms with Gasteiger partial charge in [0.1, 0.15) is 0 Å². The Morgan fingerprint density at radius 1 is 0.197 bits per heavy atom. The van der Waals surface area contributed by atoms with Crippen LogP contribution in [0.5, 0.6) is 0 Å². The Bertz CT molecular complexity index is 2710. The quantitative estimate of drug-likeness (QED) is 0.146. The van der Waals surface area contributed by atoms with Gasteiger partial charge >= 0.3 is 0 Å². The summed E-state index contributed by atoms with van der Waals surface area (Å²) < 4.78 is 0. The van der Waals surface area contributed by atoms with Gasteiger partial charge in [0.2, 0.25) is 0 Å². The molecule has 9 rings (SSSR count). The molecule has 0 heterocycles. The van der Waals surface area contributed by atoms with Gasteiger partial charge in [-0.1, -0.05) is 146 Å². The summed E-state index contributed by atoms with van der Waals surface area (Å²) in [5.74, 6) is 0. The van der Waals surface area contributed by atoms with Gasteiger partial charge < -0.3 is 4.90 Å². The van der Waals surface area contributed by atoms with Crippen LogP contribution in [0.3, 0.4) is 0 Å². The molecule has 0 radical (unpaired) electrons. The highest BCUT2D eigenvalue weighted by Gasteiger charge is 2.14. The van der Waals surface area contributed by atoms with Crippen LogP contribution >= 0.6 is 0 Å². The van der Waals surface area contributed by atoms with Gasteiger partial charge in [0.25, 0.3) is 0 Å². The second-order valence-electron chi connectivity index (χ2n) is 14.8. The molecule has 61 heavy (non-hydrogen) atoms. The number of benzene rings is 9. The van der Waals surface area contributed by atoms with E-state index in [-0.39, 0.29) is 0 Å². The molecule has 0 saturated heterocycles. The monoisotopic (exact) mass is 776 g/mol. The molecule has 4 heteroatoms. The maximum absolute atomic E-state index is 9.19. The van der Waals surface area contributed by atoms with Gasteiger partial charge in [0.15, 0.2) is 0 Å². The number of hydrogen-bond donors (Lipinski definition) is 0. The minimum atomic E-state index is 0.652. The molecular formula is C57H36N4. The summed E-state index contributed by atoms with van der Waals surface area (Å²) in [5.41, 5.74) is 18.4. The van der Waals surface area contributed by atoms with E-state index < -0.39 is 0 Å². The molecule has 0 aliphatic rings. The van der Waals surface area contributed by atoms with E-state index in [1.54, 1.807) is 0 Å². The summed E-state index contributed by atoms with van der Waals surface area (Å²) in [6.45, 7) is 0. The molecule has 0 aliphatic heterocycles. The molecule has 9 aromatic carbocycles. The number of rotatable bonds is 9. The van der Waals surface area contributed by atoms with Gasteiger partial charge in [-0.05, 0) is 140 Å². The summed E-state index contributed by atoms with van der Waals surface area (Å²) in [6, 6.07) is 81.3. The number of anilines is 3. The zero-order valence-corrected chi connectivity index (χ0v) is 33.1. The molecule has 0 atom stereocenters. The van der Waals surface area contributed by atoms with Crippen molar-refractivity contribution in [3.05, 3.63) is 235 Å². The number of nitrogens with zero attached hydrogens (tertiary/aromatic N) is 4. The minimum Gasteiger partial charge on any atom is -0.311 e. The molecule has 0 bridgehead atoms. The van der Waals surface area contributed by atoms with E-state index in [0.717, 1.165) is 83.8 Å². The lowest BCUT2D eigenvalue weighted by atomic mass is 9.98. The fraction of sp³-hybridized carbons (Fsp3) is 0. The normalized spacial score (nSPS) is 10.6. The lowest BCUT2D eigenvalue weighted by Crippen LogP contribution is -2.09. The van der Waals surface area contributed by atoms with Crippen molar-refractivity contribution in [3.8, 4) is 85.0 Å². The van der Waals surface area contributed by atoms with E-state index in [4.69, 9.17) is 0 Å². The fourth-order valence-electron chi connectivity index (χ4n) is 7.63. The molecular weight excluding hydrogens is 741 g/mol. The predicted octanol–water partition coefficient (Wildman–Crippen LogP) is 14.8. The molecule has 284 valence electrons. The zero-order valence-electron chi connectivity index (χ0n) is 33.1. The van der Waals surface area contributed by atoms with Gasteiger partial charge in [-0.3, -0.25) is 0 Å². The van der Waals surface area contributed by atoms with E-state index in [1.807, 2.05) is 72.8 Å². The first-order chi connectivity index (χ1) is 30.0. The van der Waals surface area contributed by atoms with Crippen LogP contribution in [0.4, 0.5) is 17.1 Å². The largest absolute Gasteiger partial charge is 0.311 e. The van der Waals surface area contributed by atoms with Crippen LogP contribution in [0.15, 0.2) is 218 Å². The van der Waals surface area contributed by atoms with E-state index in [1.165, 1.54) is 0 Å². The third-order valence-electron chi connectivity index (χ3n) is 11.1. The van der Waals surface area contributed by atoms with E-state index in [9.17, 15) is 15.8 Å². The van der Waals surface area contributed by atoms with Crippen molar-refractivity contribution in [2.24, 2.45) is 0 Å². The Labute approximate surface area is 356 Å². The Kier molecular flexibility index (Phi) is 10.5. The number of nitriles is 3. The first-order valence-electron chi connectivity index (χ1n) is 20.0. The topological polar surface area (TPSA) is 74.6 Å². The molecule has 0 aromatic heterocycles. The van der Waals surface area contributed by atoms with Gasteiger partial charge in [0.05, 0.1) is 34.9 Å². The highest BCUT2D eigenvalue weighted by atomic mass is 15.1. The van der Waals surface area contributed by atoms with Gasteiger partial charge in [0, 0.05) is 17.1 Å². The van der Waals surface area contributed by atoms with Crippen molar-refractivity contribution < 1.29 is 0 Å². The lowest BCUT2D eigenvalue weighted by molar-refractivity contribution is 1.28. The van der Waals surface area contributed by atoms with Crippen LogP contribution in [0.25, 0.3) is 66.8 Å². The van der Waals surface area contributed by atoms with Crippen molar-refractivity contribution in [2.45, 2.75) is 0 Å². The highest BCUT2D eigenvalue weighted by Crippen LogP contribution is 2.38. The molecule has 0 fully saturated rings. The minimum absolute atomic E-state index is 0.652. The van der Waals surface area contributed by atoms with Crippen molar-refractivity contribution >= 4 is 17.1 Å². The van der Waals surface area contributed by atoms with Crippen LogP contribution in [0, 0.1) is 34.0 Å². The van der Waals surface area contributed by atoms with Crippen molar-refractivity contribution in [2.75, 3.05) is 4.90 Å². The SMILES string of the molecule is N#Cc1ccc(-c2ccc(-c3ccc(N(c4ccc(-c5ccc(-c6ccc(C#N)cc6)cc5)cc4)c4ccc(-c5ccc(-c6ccc(C#N)cc6)cc5)cc4)cc3)cc2)cc1. The van der Waals surface area contributed by atoms with Gasteiger partial charge in [-0.25, -0.2) is 0 Å². The summed E-state index contributed by atoms with van der Waals surface area (Å²) >= 11 is 0. The first kappa shape index (κ1) is 37.8. The Hall–Kier alpha value is -8.75. The van der Waals surface area contributed by atoms with Crippen LogP contribution in [-0.2, 0) is 0 Å².